The van der Waals surface area contributed by atoms with Gasteiger partial charge >= 0.3 is 0 Å². The van der Waals surface area contributed by atoms with Crippen molar-refractivity contribution >= 4 is 11.7 Å². The number of halogens is 1. The highest BCUT2D eigenvalue weighted by Crippen LogP contribution is 2.31. The van der Waals surface area contributed by atoms with Gasteiger partial charge in [0.25, 0.3) is 0 Å². The molecule has 3 rings (SSSR count). The minimum absolute atomic E-state index is 0.0430. The molecule has 120 valence electrons. The fourth-order valence-corrected chi connectivity index (χ4v) is 2.66. The Labute approximate surface area is 134 Å². The van der Waals surface area contributed by atoms with Crippen LogP contribution < -0.4 is 11.1 Å². The van der Waals surface area contributed by atoms with Crippen molar-refractivity contribution < 1.29 is 9.18 Å². The van der Waals surface area contributed by atoms with Gasteiger partial charge in [-0.2, -0.15) is 0 Å². The van der Waals surface area contributed by atoms with Crippen LogP contribution in [0.15, 0.2) is 30.5 Å². The van der Waals surface area contributed by atoms with Crippen molar-refractivity contribution in [2.24, 2.45) is 11.7 Å². The number of benzene rings is 1. The minimum atomic E-state index is -0.414. The van der Waals surface area contributed by atoms with E-state index in [9.17, 15) is 9.18 Å². The molecule has 1 saturated carbocycles. The van der Waals surface area contributed by atoms with Crippen molar-refractivity contribution in [2.75, 3.05) is 5.32 Å². The number of nitrogens with one attached hydrogen (secondary N) is 1. The lowest BCUT2D eigenvalue weighted by atomic mass is 9.97. The summed E-state index contributed by atoms with van der Waals surface area (Å²) in [6, 6.07) is 7.17. The summed E-state index contributed by atoms with van der Waals surface area (Å²) in [7, 11) is 0. The number of aromatic nitrogens is 1. The van der Waals surface area contributed by atoms with E-state index in [2.05, 4.69) is 10.3 Å². The Kier molecular flexibility index (Phi) is 4.13. The first kappa shape index (κ1) is 15.6. The van der Waals surface area contributed by atoms with Crippen LogP contribution in [0.25, 0.3) is 11.1 Å². The second-order valence-electron chi connectivity index (χ2n) is 6.17. The molecule has 0 spiro atoms. The molecule has 1 fully saturated rings. The van der Waals surface area contributed by atoms with E-state index >= 15 is 0 Å². The third kappa shape index (κ3) is 3.40. The number of anilines is 1. The van der Waals surface area contributed by atoms with Gasteiger partial charge in [0.1, 0.15) is 11.6 Å². The average Bonchev–Trinajstić information content (AvgIpc) is 3.33. The van der Waals surface area contributed by atoms with Crippen molar-refractivity contribution in [2.45, 2.75) is 32.7 Å². The van der Waals surface area contributed by atoms with Gasteiger partial charge in [-0.1, -0.05) is 18.2 Å². The molecule has 4 nitrogen and oxygen atoms in total. The van der Waals surface area contributed by atoms with E-state index in [1.54, 1.807) is 6.07 Å². The summed E-state index contributed by atoms with van der Waals surface area (Å²) >= 11 is 0. The van der Waals surface area contributed by atoms with Gasteiger partial charge in [0, 0.05) is 17.5 Å². The summed E-state index contributed by atoms with van der Waals surface area (Å²) in [5.41, 5.74) is 9.12. The molecule has 0 saturated heterocycles. The maximum absolute atomic E-state index is 14.2. The standard InChI is InChI=1S/C18H20FN3O/c1-10-7-13(5-6-14(10)11(2)20)15-8-17(21-9-16(15)19)22-18(23)12-3-4-12/h5-9,11-12H,3-4,20H2,1-2H3,(H,21,22,23)/t11-/m1/s1. The number of hydrogen-bond acceptors (Lipinski definition) is 3. The van der Waals surface area contributed by atoms with E-state index in [-0.39, 0.29) is 17.9 Å². The lowest BCUT2D eigenvalue weighted by molar-refractivity contribution is -0.117. The van der Waals surface area contributed by atoms with Crippen LogP contribution in [0, 0.1) is 18.7 Å². The summed E-state index contributed by atoms with van der Waals surface area (Å²) in [4.78, 5) is 15.8. The van der Waals surface area contributed by atoms with Crippen LogP contribution >= 0.6 is 0 Å². The molecule has 23 heavy (non-hydrogen) atoms. The topological polar surface area (TPSA) is 68.0 Å². The number of rotatable bonds is 4. The Morgan fingerprint density at radius 1 is 1.39 bits per heavy atom. The predicted molar refractivity (Wildman–Crippen MR) is 88.3 cm³/mol. The molecule has 1 atom stereocenters. The smallest absolute Gasteiger partial charge is 0.228 e. The zero-order chi connectivity index (χ0) is 16.6. The second kappa shape index (κ2) is 6.08. The van der Waals surface area contributed by atoms with E-state index in [1.165, 1.54) is 0 Å². The number of amides is 1. The largest absolute Gasteiger partial charge is 0.324 e. The zero-order valence-electron chi connectivity index (χ0n) is 13.3. The molecule has 3 N–H and O–H groups in total. The average molecular weight is 313 g/mol. The molecule has 1 aliphatic carbocycles. The fourth-order valence-electron chi connectivity index (χ4n) is 2.66. The summed E-state index contributed by atoms with van der Waals surface area (Å²) in [5.74, 6) is 0.00556. The zero-order valence-corrected chi connectivity index (χ0v) is 13.3. The molecular formula is C18H20FN3O. The molecule has 1 aromatic heterocycles. The molecule has 2 aromatic rings. The van der Waals surface area contributed by atoms with Crippen LogP contribution in [0.4, 0.5) is 10.2 Å². The van der Waals surface area contributed by atoms with Gasteiger partial charge in [0.05, 0.1) is 6.20 Å². The number of pyridine rings is 1. The van der Waals surface area contributed by atoms with Crippen molar-refractivity contribution in [1.82, 2.24) is 4.98 Å². The first-order valence-corrected chi connectivity index (χ1v) is 7.78. The summed E-state index contributed by atoms with van der Waals surface area (Å²) in [6.45, 7) is 3.87. The number of carbonyl (C=O) groups is 1. The van der Waals surface area contributed by atoms with Crippen molar-refractivity contribution in [3.63, 3.8) is 0 Å². The molecule has 1 heterocycles. The molecule has 1 amide bonds. The SMILES string of the molecule is Cc1cc(-c2cc(NC(=O)C3CC3)ncc2F)ccc1[C@@H](C)N. The van der Waals surface area contributed by atoms with Crippen LogP contribution in [0.2, 0.25) is 0 Å². The number of carbonyl (C=O) groups excluding carboxylic acids is 1. The summed E-state index contributed by atoms with van der Waals surface area (Å²) in [6.07, 6.45) is 2.97. The van der Waals surface area contributed by atoms with Crippen molar-refractivity contribution in [1.29, 1.82) is 0 Å². The number of hydrogen-bond donors (Lipinski definition) is 2. The van der Waals surface area contributed by atoms with Crippen molar-refractivity contribution in [3.05, 3.63) is 47.4 Å². The second-order valence-corrected chi connectivity index (χ2v) is 6.17. The first-order valence-electron chi connectivity index (χ1n) is 7.78. The quantitative estimate of drug-likeness (QED) is 0.907. The first-order chi connectivity index (χ1) is 11.0. The maximum Gasteiger partial charge on any atom is 0.228 e. The Bertz CT molecular complexity index is 754. The monoisotopic (exact) mass is 313 g/mol. The molecule has 0 radical (unpaired) electrons. The Hall–Kier alpha value is -2.27. The van der Waals surface area contributed by atoms with Crippen LogP contribution in [0.1, 0.15) is 36.9 Å². The number of nitrogens with two attached hydrogens (primary N) is 1. The highest BCUT2D eigenvalue weighted by molar-refractivity contribution is 5.93. The Morgan fingerprint density at radius 2 is 2.13 bits per heavy atom. The molecule has 1 aliphatic rings. The summed E-state index contributed by atoms with van der Waals surface area (Å²) < 4.78 is 14.2. The van der Waals surface area contributed by atoms with Gasteiger partial charge in [0.2, 0.25) is 5.91 Å². The van der Waals surface area contributed by atoms with E-state index in [0.717, 1.165) is 35.7 Å². The minimum Gasteiger partial charge on any atom is -0.324 e. The van der Waals surface area contributed by atoms with E-state index in [4.69, 9.17) is 5.73 Å². The molecular weight excluding hydrogens is 293 g/mol. The molecule has 0 unspecified atom stereocenters. The van der Waals surface area contributed by atoms with Crippen LogP contribution in [-0.2, 0) is 4.79 Å². The van der Waals surface area contributed by atoms with Crippen LogP contribution in [0.5, 0.6) is 0 Å². The van der Waals surface area contributed by atoms with Gasteiger partial charge in [-0.15, -0.1) is 0 Å². The van der Waals surface area contributed by atoms with Crippen LogP contribution in [0.3, 0.4) is 0 Å². The summed E-state index contributed by atoms with van der Waals surface area (Å²) in [5, 5.41) is 2.75. The molecule has 0 bridgehead atoms. The predicted octanol–water partition coefficient (Wildman–Crippen LogP) is 3.56. The van der Waals surface area contributed by atoms with Gasteiger partial charge in [0.15, 0.2) is 0 Å². The lowest BCUT2D eigenvalue weighted by Gasteiger charge is -2.13. The normalized spacial score (nSPS) is 15.3. The Morgan fingerprint density at radius 3 is 2.74 bits per heavy atom. The van der Waals surface area contributed by atoms with Gasteiger partial charge in [-0.25, -0.2) is 9.37 Å². The molecule has 0 aliphatic heterocycles. The van der Waals surface area contributed by atoms with Crippen LogP contribution in [-0.4, -0.2) is 10.9 Å². The third-order valence-electron chi connectivity index (χ3n) is 4.13. The maximum atomic E-state index is 14.2. The number of aryl methyl sites for hydroxylation is 1. The third-order valence-corrected chi connectivity index (χ3v) is 4.13. The highest BCUT2D eigenvalue weighted by atomic mass is 19.1. The van der Waals surface area contributed by atoms with E-state index < -0.39 is 5.82 Å². The van der Waals surface area contributed by atoms with Crippen molar-refractivity contribution in [3.8, 4) is 11.1 Å². The fraction of sp³-hybridized carbons (Fsp3) is 0.333. The number of nitrogens with zero attached hydrogens (tertiary/aromatic N) is 1. The Balaban J connectivity index is 1.92. The van der Waals surface area contributed by atoms with Gasteiger partial charge < -0.3 is 11.1 Å². The molecule has 1 aromatic carbocycles. The highest BCUT2D eigenvalue weighted by Gasteiger charge is 2.29. The van der Waals surface area contributed by atoms with E-state index in [0.29, 0.717) is 11.4 Å². The van der Waals surface area contributed by atoms with Gasteiger partial charge in [-0.3, -0.25) is 4.79 Å². The lowest BCUT2D eigenvalue weighted by Crippen LogP contribution is -2.14. The van der Waals surface area contributed by atoms with Gasteiger partial charge in [-0.05, 0) is 49.4 Å². The van der Waals surface area contributed by atoms with E-state index in [1.807, 2.05) is 32.0 Å². The molecule has 5 heteroatoms.